The van der Waals surface area contributed by atoms with Crippen LogP contribution in [0.2, 0.25) is 5.15 Å². The van der Waals surface area contributed by atoms with Gasteiger partial charge in [0, 0.05) is 18.3 Å². The molecule has 0 fully saturated rings. The van der Waals surface area contributed by atoms with Gasteiger partial charge in [-0.25, -0.2) is 4.79 Å². The number of esters is 1. The number of methoxy groups -OCH3 is 1. The number of fused-ring (bicyclic) bond motifs is 1. The van der Waals surface area contributed by atoms with Gasteiger partial charge in [0.1, 0.15) is 5.15 Å². The molecule has 0 radical (unpaired) electrons. The zero-order valence-corrected chi connectivity index (χ0v) is 10.7. The Morgan fingerprint density at radius 2 is 2.24 bits per heavy atom. The molecule has 2 aromatic heterocycles. The highest BCUT2D eigenvalue weighted by atomic mass is 35.5. The summed E-state index contributed by atoms with van der Waals surface area (Å²) < 4.78 is 6.64. The average molecular weight is 253 g/mol. The topological polar surface area (TPSA) is 44.1 Å². The maximum Gasteiger partial charge on any atom is 0.340 e. The molecule has 0 bridgehead atoms. The predicted octanol–water partition coefficient (Wildman–Crippen LogP) is 3.06. The number of hydrogen-bond donors (Lipinski definition) is 0. The average Bonchev–Trinajstić information content (AvgIpc) is 2.63. The number of ether oxygens (including phenoxy) is 1. The molecular formula is C12H13ClN2O2. The van der Waals surface area contributed by atoms with E-state index < -0.39 is 0 Å². The fraction of sp³-hybridized carbons (Fsp3) is 0.333. The molecule has 0 saturated carbocycles. The van der Waals surface area contributed by atoms with E-state index in [-0.39, 0.29) is 12.0 Å². The lowest BCUT2D eigenvalue weighted by molar-refractivity contribution is 0.0602. The molecule has 0 spiro atoms. The second kappa shape index (κ2) is 4.37. The molecule has 4 nitrogen and oxygen atoms in total. The predicted molar refractivity (Wildman–Crippen MR) is 66.5 cm³/mol. The van der Waals surface area contributed by atoms with E-state index in [1.165, 1.54) is 7.11 Å². The van der Waals surface area contributed by atoms with Crippen LogP contribution in [-0.2, 0) is 4.74 Å². The van der Waals surface area contributed by atoms with Gasteiger partial charge in [-0.05, 0) is 19.9 Å². The highest BCUT2D eigenvalue weighted by molar-refractivity contribution is 6.31. The number of pyridine rings is 1. The van der Waals surface area contributed by atoms with Gasteiger partial charge in [-0.1, -0.05) is 11.6 Å². The Bertz CT molecular complexity index is 575. The van der Waals surface area contributed by atoms with E-state index in [0.717, 1.165) is 5.52 Å². The molecule has 2 heterocycles. The Balaban J connectivity index is 2.81. The van der Waals surface area contributed by atoms with Gasteiger partial charge >= 0.3 is 5.97 Å². The normalized spacial score (nSPS) is 11.1. The van der Waals surface area contributed by atoms with Gasteiger partial charge in [-0.2, -0.15) is 0 Å². The number of rotatable bonds is 2. The first-order valence-electron chi connectivity index (χ1n) is 5.30. The number of aromatic nitrogens is 2. The van der Waals surface area contributed by atoms with Crippen molar-refractivity contribution in [3.8, 4) is 0 Å². The number of hydrogen-bond acceptors (Lipinski definition) is 3. The largest absolute Gasteiger partial charge is 0.465 e. The Hall–Kier alpha value is -1.55. The van der Waals surface area contributed by atoms with Crippen LogP contribution in [0, 0.1) is 0 Å². The monoisotopic (exact) mass is 252 g/mol. The van der Waals surface area contributed by atoms with Crippen molar-refractivity contribution in [3.63, 3.8) is 0 Å². The zero-order valence-electron chi connectivity index (χ0n) is 9.90. The Kier molecular flexibility index (Phi) is 3.07. The summed E-state index contributed by atoms with van der Waals surface area (Å²) in [5, 5.41) is 0.568. The fourth-order valence-electron chi connectivity index (χ4n) is 1.90. The van der Waals surface area contributed by atoms with Gasteiger partial charge in [0.15, 0.2) is 0 Å². The van der Waals surface area contributed by atoms with Crippen LogP contribution >= 0.6 is 11.6 Å². The van der Waals surface area contributed by atoms with E-state index in [2.05, 4.69) is 4.98 Å². The molecule has 5 heteroatoms. The van der Waals surface area contributed by atoms with Gasteiger partial charge in [0.05, 0.1) is 23.7 Å². The lowest BCUT2D eigenvalue weighted by Gasteiger charge is -2.12. The van der Waals surface area contributed by atoms with E-state index in [4.69, 9.17) is 16.3 Å². The number of carbonyl (C=O) groups excluding carboxylic acids is 1. The standard InChI is InChI=1S/C12H13ClN2O2/c1-7(2)15-10(13)6-9-11(15)8(4-5-14-9)12(16)17-3/h4-7H,1-3H3. The Morgan fingerprint density at radius 1 is 1.53 bits per heavy atom. The first-order valence-corrected chi connectivity index (χ1v) is 5.67. The van der Waals surface area contributed by atoms with Gasteiger partial charge in [-0.3, -0.25) is 4.98 Å². The molecule has 0 amide bonds. The molecule has 0 aromatic carbocycles. The van der Waals surface area contributed by atoms with Gasteiger partial charge in [-0.15, -0.1) is 0 Å². The van der Waals surface area contributed by atoms with Crippen LogP contribution in [0.1, 0.15) is 30.2 Å². The minimum Gasteiger partial charge on any atom is -0.465 e. The molecule has 17 heavy (non-hydrogen) atoms. The molecule has 90 valence electrons. The molecule has 0 N–H and O–H groups in total. The van der Waals surface area contributed by atoms with Crippen LogP contribution in [0.15, 0.2) is 18.3 Å². The third-order valence-corrected chi connectivity index (χ3v) is 2.89. The second-order valence-corrected chi connectivity index (χ2v) is 4.40. The third-order valence-electron chi connectivity index (χ3n) is 2.60. The zero-order chi connectivity index (χ0) is 12.6. The van der Waals surface area contributed by atoms with Gasteiger partial charge in [0.25, 0.3) is 0 Å². The summed E-state index contributed by atoms with van der Waals surface area (Å²) >= 11 is 6.15. The van der Waals surface area contributed by atoms with Crippen LogP contribution in [0.25, 0.3) is 11.0 Å². The van der Waals surface area contributed by atoms with E-state index in [0.29, 0.717) is 16.2 Å². The molecular weight excluding hydrogens is 240 g/mol. The summed E-state index contributed by atoms with van der Waals surface area (Å²) in [4.78, 5) is 15.9. The first-order chi connectivity index (χ1) is 8.06. The summed E-state index contributed by atoms with van der Waals surface area (Å²) in [5.74, 6) is -0.380. The highest BCUT2D eigenvalue weighted by Crippen LogP contribution is 2.28. The van der Waals surface area contributed by atoms with Crippen molar-refractivity contribution < 1.29 is 9.53 Å². The van der Waals surface area contributed by atoms with E-state index in [1.807, 2.05) is 18.4 Å². The smallest absolute Gasteiger partial charge is 0.340 e. The molecule has 0 aliphatic heterocycles. The van der Waals surface area contributed by atoms with Gasteiger partial charge in [0.2, 0.25) is 0 Å². The Morgan fingerprint density at radius 3 is 2.82 bits per heavy atom. The van der Waals surface area contributed by atoms with E-state index in [1.54, 1.807) is 18.3 Å². The van der Waals surface area contributed by atoms with Crippen LogP contribution < -0.4 is 0 Å². The number of halogens is 1. The molecule has 2 rings (SSSR count). The SMILES string of the molecule is COC(=O)c1ccnc2cc(Cl)n(C(C)C)c12. The molecule has 0 unspecified atom stereocenters. The van der Waals surface area contributed by atoms with Crippen molar-refractivity contribution in [1.82, 2.24) is 9.55 Å². The summed E-state index contributed by atoms with van der Waals surface area (Å²) in [6.07, 6.45) is 1.58. The molecule has 0 atom stereocenters. The van der Waals surface area contributed by atoms with Crippen molar-refractivity contribution in [2.45, 2.75) is 19.9 Å². The Labute approximate surface area is 104 Å². The van der Waals surface area contributed by atoms with E-state index in [9.17, 15) is 4.79 Å². The lowest BCUT2D eigenvalue weighted by Crippen LogP contribution is -2.08. The molecule has 0 aliphatic rings. The minimum atomic E-state index is -0.380. The lowest BCUT2D eigenvalue weighted by atomic mass is 10.2. The van der Waals surface area contributed by atoms with Gasteiger partial charge < -0.3 is 9.30 Å². The molecule has 0 aliphatic carbocycles. The maximum atomic E-state index is 11.7. The number of carbonyl (C=O) groups is 1. The fourth-order valence-corrected chi connectivity index (χ4v) is 2.28. The van der Waals surface area contributed by atoms with Crippen LogP contribution in [0.4, 0.5) is 0 Å². The molecule has 0 saturated heterocycles. The van der Waals surface area contributed by atoms with Crippen molar-refractivity contribution in [2.24, 2.45) is 0 Å². The quantitative estimate of drug-likeness (QED) is 0.772. The second-order valence-electron chi connectivity index (χ2n) is 4.01. The van der Waals surface area contributed by atoms with Crippen LogP contribution in [0.3, 0.4) is 0 Å². The van der Waals surface area contributed by atoms with E-state index >= 15 is 0 Å². The summed E-state index contributed by atoms with van der Waals surface area (Å²) in [5.41, 5.74) is 1.91. The summed E-state index contributed by atoms with van der Waals surface area (Å²) in [7, 11) is 1.36. The molecule has 2 aromatic rings. The summed E-state index contributed by atoms with van der Waals surface area (Å²) in [6, 6.07) is 3.54. The van der Waals surface area contributed by atoms with Crippen molar-refractivity contribution in [2.75, 3.05) is 7.11 Å². The first kappa shape index (κ1) is 11.9. The maximum absolute atomic E-state index is 11.7. The van der Waals surface area contributed by atoms with Crippen molar-refractivity contribution in [3.05, 3.63) is 29.0 Å². The van der Waals surface area contributed by atoms with Crippen molar-refractivity contribution >= 4 is 28.6 Å². The highest BCUT2D eigenvalue weighted by Gasteiger charge is 2.18. The van der Waals surface area contributed by atoms with Crippen molar-refractivity contribution in [1.29, 1.82) is 0 Å². The summed E-state index contributed by atoms with van der Waals surface area (Å²) in [6.45, 7) is 4.00. The number of nitrogens with zero attached hydrogens (tertiary/aromatic N) is 2. The van der Waals surface area contributed by atoms with Crippen LogP contribution in [0.5, 0.6) is 0 Å². The minimum absolute atomic E-state index is 0.146. The third kappa shape index (κ3) is 1.89. The van der Waals surface area contributed by atoms with Crippen LogP contribution in [-0.4, -0.2) is 22.6 Å².